The molecule has 0 aromatic heterocycles. The van der Waals surface area contributed by atoms with Crippen LogP contribution in [0.1, 0.15) is 5.56 Å². The maximum Gasteiger partial charge on any atom is 0.230 e. The summed E-state index contributed by atoms with van der Waals surface area (Å²) in [5, 5.41) is 2.81. The van der Waals surface area contributed by atoms with Crippen molar-refractivity contribution in [2.75, 3.05) is 5.75 Å². The van der Waals surface area contributed by atoms with Gasteiger partial charge in [0, 0.05) is 15.9 Å². The van der Waals surface area contributed by atoms with Gasteiger partial charge in [-0.25, -0.2) is 4.39 Å². The van der Waals surface area contributed by atoms with Gasteiger partial charge in [0.05, 0.1) is 5.75 Å². The Hall–Kier alpha value is -1.33. The molecule has 0 unspecified atom stereocenters. The lowest BCUT2D eigenvalue weighted by atomic mass is 10.2. The Balaban J connectivity index is 1.75. The van der Waals surface area contributed by atoms with Crippen LogP contribution in [0.25, 0.3) is 0 Å². The van der Waals surface area contributed by atoms with Crippen molar-refractivity contribution in [3.05, 3.63) is 64.4 Å². The van der Waals surface area contributed by atoms with E-state index in [0.717, 1.165) is 14.9 Å². The summed E-state index contributed by atoms with van der Waals surface area (Å²) < 4.78 is 13.7. The molecular weight excluding hydrogens is 341 g/mol. The van der Waals surface area contributed by atoms with Crippen molar-refractivity contribution in [1.82, 2.24) is 5.32 Å². The molecule has 0 spiro atoms. The van der Waals surface area contributed by atoms with Gasteiger partial charge in [-0.15, -0.1) is 11.8 Å². The van der Waals surface area contributed by atoms with Crippen LogP contribution in [0.2, 0.25) is 0 Å². The fourth-order valence-electron chi connectivity index (χ4n) is 1.53. The lowest BCUT2D eigenvalue weighted by molar-refractivity contribution is -0.118. The van der Waals surface area contributed by atoms with Crippen LogP contribution in [-0.2, 0) is 11.3 Å². The summed E-state index contributed by atoms with van der Waals surface area (Å²) in [7, 11) is 0. The molecule has 0 aliphatic rings. The zero-order valence-electron chi connectivity index (χ0n) is 10.6. The molecule has 1 amide bonds. The van der Waals surface area contributed by atoms with Gasteiger partial charge < -0.3 is 5.32 Å². The molecule has 0 heterocycles. The fourth-order valence-corrected chi connectivity index (χ4v) is 2.53. The van der Waals surface area contributed by atoms with E-state index >= 15 is 0 Å². The third kappa shape index (κ3) is 4.98. The van der Waals surface area contributed by atoms with Gasteiger partial charge in [0.25, 0.3) is 0 Å². The predicted molar refractivity (Wildman–Crippen MR) is 83.1 cm³/mol. The number of benzene rings is 2. The molecule has 2 aromatic carbocycles. The SMILES string of the molecule is O=C(CSc1ccc(Br)cc1)NCc1ccc(F)cc1. The van der Waals surface area contributed by atoms with Crippen LogP contribution in [0.4, 0.5) is 4.39 Å². The number of halogens is 2. The van der Waals surface area contributed by atoms with Crippen molar-refractivity contribution in [2.45, 2.75) is 11.4 Å². The fraction of sp³-hybridized carbons (Fsp3) is 0.133. The molecule has 0 atom stereocenters. The van der Waals surface area contributed by atoms with Crippen LogP contribution in [0.15, 0.2) is 57.9 Å². The summed E-state index contributed by atoms with van der Waals surface area (Å²) in [6.45, 7) is 0.417. The van der Waals surface area contributed by atoms with E-state index in [1.54, 1.807) is 12.1 Å². The van der Waals surface area contributed by atoms with Gasteiger partial charge >= 0.3 is 0 Å². The molecule has 20 heavy (non-hydrogen) atoms. The molecule has 5 heteroatoms. The molecule has 0 fully saturated rings. The van der Waals surface area contributed by atoms with Crippen molar-refractivity contribution in [3.8, 4) is 0 Å². The highest BCUT2D eigenvalue weighted by Crippen LogP contribution is 2.20. The van der Waals surface area contributed by atoms with Crippen molar-refractivity contribution >= 4 is 33.6 Å². The van der Waals surface area contributed by atoms with Gasteiger partial charge in [-0.05, 0) is 42.0 Å². The Bertz CT molecular complexity index is 520. The van der Waals surface area contributed by atoms with Crippen LogP contribution in [-0.4, -0.2) is 11.7 Å². The van der Waals surface area contributed by atoms with Gasteiger partial charge in [-0.1, -0.05) is 28.1 Å². The number of thioether (sulfide) groups is 1. The zero-order valence-corrected chi connectivity index (χ0v) is 13.0. The molecule has 1 N–H and O–H groups in total. The second kappa shape index (κ2) is 7.45. The van der Waals surface area contributed by atoms with Crippen LogP contribution in [0.5, 0.6) is 0 Å². The highest BCUT2D eigenvalue weighted by atomic mass is 79.9. The van der Waals surface area contributed by atoms with Crippen molar-refractivity contribution < 1.29 is 9.18 Å². The second-order valence-electron chi connectivity index (χ2n) is 4.15. The average Bonchev–Trinajstić information content (AvgIpc) is 2.46. The molecular formula is C15H13BrFNOS. The third-order valence-electron chi connectivity index (χ3n) is 2.59. The highest BCUT2D eigenvalue weighted by molar-refractivity contribution is 9.10. The van der Waals surface area contributed by atoms with Gasteiger partial charge in [-0.2, -0.15) is 0 Å². The van der Waals surface area contributed by atoms with E-state index < -0.39 is 0 Å². The summed E-state index contributed by atoms with van der Waals surface area (Å²) in [5.41, 5.74) is 0.883. The van der Waals surface area contributed by atoms with Crippen molar-refractivity contribution in [2.24, 2.45) is 0 Å². The first-order valence-electron chi connectivity index (χ1n) is 6.03. The normalized spacial score (nSPS) is 10.3. The van der Waals surface area contributed by atoms with Crippen LogP contribution in [0, 0.1) is 5.82 Å². The number of nitrogens with one attached hydrogen (secondary N) is 1. The molecule has 0 saturated heterocycles. The lowest BCUT2D eigenvalue weighted by Gasteiger charge is -2.05. The van der Waals surface area contributed by atoms with Crippen molar-refractivity contribution in [3.63, 3.8) is 0 Å². The van der Waals surface area contributed by atoms with Crippen LogP contribution in [0.3, 0.4) is 0 Å². The molecule has 2 rings (SSSR count). The first-order chi connectivity index (χ1) is 9.63. The standard InChI is InChI=1S/C15H13BrFNOS/c16-12-3-7-14(8-4-12)20-10-15(19)18-9-11-1-5-13(17)6-2-11/h1-8H,9-10H2,(H,18,19). The maximum absolute atomic E-state index is 12.7. The number of hydrogen-bond acceptors (Lipinski definition) is 2. The monoisotopic (exact) mass is 353 g/mol. The average molecular weight is 354 g/mol. The summed E-state index contributed by atoms with van der Waals surface area (Å²) in [4.78, 5) is 12.8. The van der Waals surface area contributed by atoms with E-state index in [4.69, 9.17) is 0 Å². The molecule has 0 radical (unpaired) electrons. The quantitative estimate of drug-likeness (QED) is 0.823. The minimum atomic E-state index is -0.272. The van der Waals surface area contributed by atoms with E-state index in [1.807, 2.05) is 24.3 Å². The summed E-state index contributed by atoms with van der Waals surface area (Å²) in [6, 6.07) is 13.9. The number of carbonyl (C=O) groups is 1. The molecule has 2 nitrogen and oxygen atoms in total. The summed E-state index contributed by atoms with van der Waals surface area (Å²) in [5.74, 6) is 0.0520. The minimum Gasteiger partial charge on any atom is -0.351 e. The van der Waals surface area contributed by atoms with Gasteiger partial charge in [-0.3, -0.25) is 4.79 Å². The zero-order chi connectivity index (χ0) is 14.4. The van der Waals surface area contributed by atoms with Crippen LogP contribution < -0.4 is 5.32 Å². The van der Waals surface area contributed by atoms with Gasteiger partial charge in [0.15, 0.2) is 0 Å². The molecule has 0 aliphatic heterocycles. The predicted octanol–water partition coefficient (Wildman–Crippen LogP) is 4.00. The highest BCUT2D eigenvalue weighted by Gasteiger charge is 2.03. The molecule has 0 saturated carbocycles. The molecule has 0 aliphatic carbocycles. The number of carbonyl (C=O) groups excluding carboxylic acids is 1. The number of amides is 1. The largest absolute Gasteiger partial charge is 0.351 e. The Morgan fingerprint density at radius 2 is 1.75 bits per heavy atom. The Morgan fingerprint density at radius 3 is 2.40 bits per heavy atom. The minimum absolute atomic E-state index is 0.0396. The second-order valence-corrected chi connectivity index (χ2v) is 6.11. The number of hydrogen-bond donors (Lipinski definition) is 1. The summed E-state index contributed by atoms with van der Waals surface area (Å²) in [6.07, 6.45) is 0. The first-order valence-corrected chi connectivity index (χ1v) is 7.81. The maximum atomic E-state index is 12.7. The van der Waals surface area contributed by atoms with E-state index in [-0.39, 0.29) is 11.7 Å². The Kier molecular flexibility index (Phi) is 5.61. The van der Waals surface area contributed by atoms with E-state index in [2.05, 4.69) is 21.2 Å². The Labute approximate surface area is 129 Å². The topological polar surface area (TPSA) is 29.1 Å². The van der Waals surface area contributed by atoms with E-state index in [0.29, 0.717) is 12.3 Å². The summed E-state index contributed by atoms with van der Waals surface area (Å²) >= 11 is 4.85. The first kappa shape index (κ1) is 15.1. The third-order valence-corrected chi connectivity index (χ3v) is 4.13. The lowest BCUT2D eigenvalue weighted by Crippen LogP contribution is -2.24. The van der Waals surface area contributed by atoms with E-state index in [9.17, 15) is 9.18 Å². The Morgan fingerprint density at radius 1 is 1.10 bits per heavy atom. The molecule has 104 valence electrons. The number of rotatable bonds is 5. The van der Waals surface area contributed by atoms with Crippen molar-refractivity contribution in [1.29, 1.82) is 0 Å². The van der Waals surface area contributed by atoms with E-state index in [1.165, 1.54) is 23.9 Å². The molecule has 0 bridgehead atoms. The molecule has 2 aromatic rings. The van der Waals surface area contributed by atoms with Gasteiger partial charge in [0.2, 0.25) is 5.91 Å². The smallest absolute Gasteiger partial charge is 0.230 e. The van der Waals surface area contributed by atoms with Gasteiger partial charge in [0.1, 0.15) is 5.82 Å². The van der Waals surface area contributed by atoms with Crippen LogP contribution >= 0.6 is 27.7 Å².